The molecule has 0 unspecified atom stereocenters. The Labute approximate surface area is 102 Å². The Morgan fingerprint density at radius 1 is 0.750 bits per heavy atom. The predicted molar refractivity (Wildman–Crippen MR) is 72.3 cm³/mol. The molecule has 0 aliphatic carbocycles. The monoisotopic (exact) mass is 224 g/mol. The van der Waals surface area contributed by atoms with Crippen molar-refractivity contribution in [3.63, 3.8) is 0 Å². The van der Waals surface area contributed by atoms with Crippen molar-refractivity contribution in [3.8, 4) is 0 Å². The molecule has 0 saturated carbocycles. The highest BCUT2D eigenvalue weighted by atomic mass is 16.5. The highest BCUT2D eigenvalue weighted by Gasteiger charge is 1.99. The summed E-state index contributed by atoms with van der Waals surface area (Å²) in [7, 11) is 0. The van der Waals surface area contributed by atoms with Gasteiger partial charge in [-0.25, -0.2) is 0 Å². The fourth-order valence-electron chi connectivity index (χ4n) is 1.63. The standard InChI is InChI=1S/C15H28O/c1-5-7-9-11-13-15(4)16-14(3)12-10-8-6-2/h3-13H2,1-2H3. The molecular weight excluding hydrogens is 196 g/mol. The Morgan fingerprint density at radius 3 is 1.69 bits per heavy atom. The molecular formula is C15H28O. The molecule has 0 radical (unpaired) electrons. The number of ether oxygens (including phenoxy) is 1. The second-order valence-corrected chi connectivity index (χ2v) is 4.45. The van der Waals surface area contributed by atoms with E-state index in [0.717, 1.165) is 24.4 Å². The molecule has 94 valence electrons. The van der Waals surface area contributed by atoms with Gasteiger partial charge in [0, 0.05) is 12.8 Å². The van der Waals surface area contributed by atoms with Crippen LogP contribution in [0.1, 0.15) is 71.6 Å². The Morgan fingerprint density at radius 2 is 1.19 bits per heavy atom. The maximum atomic E-state index is 5.59. The van der Waals surface area contributed by atoms with Crippen LogP contribution in [0.4, 0.5) is 0 Å². The van der Waals surface area contributed by atoms with Crippen LogP contribution in [0.2, 0.25) is 0 Å². The summed E-state index contributed by atoms with van der Waals surface area (Å²) < 4.78 is 5.59. The lowest BCUT2D eigenvalue weighted by Gasteiger charge is -2.10. The van der Waals surface area contributed by atoms with E-state index in [2.05, 4.69) is 27.0 Å². The minimum absolute atomic E-state index is 0.883. The number of hydrogen-bond acceptors (Lipinski definition) is 1. The largest absolute Gasteiger partial charge is 0.467 e. The van der Waals surface area contributed by atoms with Crippen LogP contribution in [-0.2, 0) is 4.74 Å². The van der Waals surface area contributed by atoms with Crippen LogP contribution in [0.3, 0.4) is 0 Å². The van der Waals surface area contributed by atoms with Crippen molar-refractivity contribution in [3.05, 3.63) is 24.7 Å². The summed E-state index contributed by atoms with van der Waals surface area (Å²) in [5, 5.41) is 0. The summed E-state index contributed by atoms with van der Waals surface area (Å²) in [6.07, 6.45) is 10.7. The molecule has 0 heterocycles. The Balaban J connectivity index is 3.43. The summed E-state index contributed by atoms with van der Waals surface area (Å²) in [4.78, 5) is 0. The molecule has 1 heteroatoms. The SMILES string of the molecule is C=C(CCCCC)OC(=C)CCCCCC. The minimum Gasteiger partial charge on any atom is -0.467 e. The van der Waals surface area contributed by atoms with E-state index in [-0.39, 0.29) is 0 Å². The van der Waals surface area contributed by atoms with Crippen LogP contribution in [0.15, 0.2) is 24.7 Å². The summed E-state index contributed by atoms with van der Waals surface area (Å²) in [5.74, 6) is 1.77. The van der Waals surface area contributed by atoms with Gasteiger partial charge in [0.05, 0.1) is 11.5 Å². The van der Waals surface area contributed by atoms with Crippen molar-refractivity contribution in [2.24, 2.45) is 0 Å². The highest BCUT2D eigenvalue weighted by molar-refractivity contribution is 4.93. The molecule has 0 spiro atoms. The average Bonchev–Trinajstić information content (AvgIpc) is 2.25. The molecule has 0 amide bonds. The van der Waals surface area contributed by atoms with E-state index in [1.807, 2.05) is 0 Å². The third kappa shape index (κ3) is 9.82. The molecule has 0 atom stereocenters. The molecule has 0 rings (SSSR count). The van der Waals surface area contributed by atoms with Crippen LogP contribution in [0, 0.1) is 0 Å². The van der Waals surface area contributed by atoms with Crippen molar-refractivity contribution < 1.29 is 4.74 Å². The maximum Gasteiger partial charge on any atom is 0.0964 e. The number of unbranched alkanes of at least 4 members (excludes halogenated alkanes) is 5. The molecule has 0 saturated heterocycles. The van der Waals surface area contributed by atoms with Gasteiger partial charge in [0.15, 0.2) is 0 Å². The van der Waals surface area contributed by atoms with Gasteiger partial charge in [-0.3, -0.25) is 0 Å². The van der Waals surface area contributed by atoms with E-state index in [1.54, 1.807) is 0 Å². The lowest BCUT2D eigenvalue weighted by molar-refractivity contribution is 0.275. The van der Waals surface area contributed by atoms with Gasteiger partial charge < -0.3 is 4.74 Å². The van der Waals surface area contributed by atoms with Crippen molar-refractivity contribution in [1.29, 1.82) is 0 Å². The third-order valence-corrected chi connectivity index (χ3v) is 2.66. The van der Waals surface area contributed by atoms with Gasteiger partial charge in [0.2, 0.25) is 0 Å². The van der Waals surface area contributed by atoms with Crippen LogP contribution in [0.25, 0.3) is 0 Å². The molecule has 0 aliphatic rings. The molecule has 1 nitrogen and oxygen atoms in total. The zero-order chi connectivity index (χ0) is 12.2. The molecule has 0 N–H and O–H groups in total. The number of allylic oxidation sites excluding steroid dienone is 2. The van der Waals surface area contributed by atoms with Gasteiger partial charge in [-0.05, 0) is 12.8 Å². The van der Waals surface area contributed by atoms with Crippen LogP contribution >= 0.6 is 0 Å². The number of hydrogen-bond donors (Lipinski definition) is 0. The van der Waals surface area contributed by atoms with Gasteiger partial charge in [0.1, 0.15) is 0 Å². The van der Waals surface area contributed by atoms with Crippen LogP contribution < -0.4 is 0 Å². The second-order valence-electron chi connectivity index (χ2n) is 4.45. The zero-order valence-corrected chi connectivity index (χ0v) is 11.2. The fourth-order valence-corrected chi connectivity index (χ4v) is 1.63. The number of rotatable bonds is 11. The molecule has 0 aliphatic heterocycles. The summed E-state index contributed by atoms with van der Waals surface area (Å²) in [6, 6.07) is 0. The summed E-state index contributed by atoms with van der Waals surface area (Å²) >= 11 is 0. The van der Waals surface area contributed by atoms with Gasteiger partial charge in [-0.1, -0.05) is 59.1 Å². The maximum absolute atomic E-state index is 5.59. The van der Waals surface area contributed by atoms with Crippen molar-refractivity contribution in [1.82, 2.24) is 0 Å². The quantitative estimate of drug-likeness (QED) is 0.329. The van der Waals surface area contributed by atoms with E-state index >= 15 is 0 Å². The Bertz CT molecular complexity index is 194. The highest BCUT2D eigenvalue weighted by Crippen LogP contribution is 2.16. The molecule has 0 fully saturated rings. The van der Waals surface area contributed by atoms with Gasteiger partial charge in [0.25, 0.3) is 0 Å². The zero-order valence-electron chi connectivity index (χ0n) is 11.2. The lowest BCUT2D eigenvalue weighted by atomic mass is 10.1. The molecule has 0 aromatic rings. The first-order valence-corrected chi connectivity index (χ1v) is 6.74. The van der Waals surface area contributed by atoms with Gasteiger partial charge in [-0.2, -0.15) is 0 Å². The fraction of sp³-hybridized carbons (Fsp3) is 0.733. The first kappa shape index (κ1) is 15.3. The second kappa shape index (κ2) is 10.8. The topological polar surface area (TPSA) is 9.23 Å². The Kier molecular flexibility index (Phi) is 10.3. The van der Waals surface area contributed by atoms with E-state index in [1.165, 1.54) is 44.9 Å². The predicted octanol–water partition coefficient (Wildman–Crippen LogP) is 5.58. The average molecular weight is 224 g/mol. The first-order chi connectivity index (χ1) is 7.70. The van der Waals surface area contributed by atoms with E-state index < -0.39 is 0 Å². The normalized spacial score (nSPS) is 10.1. The lowest BCUT2D eigenvalue weighted by Crippen LogP contribution is -1.92. The third-order valence-electron chi connectivity index (χ3n) is 2.66. The van der Waals surface area contributed by atoms with E-state index in [4.69, 9.17) is 4.74 Å². The van der Waals surface area contributed by atoms with Crippen molar-refractivity contribution in [2.45, 2.75) is 71.6 Å². The summed E-state index contributed by atoms with van der Waals surface area (Å²) in [6.45, 7) is 12.3. The Hall–Kier alpha value is -0.720. The molecule has 16 heavy (non-hydrogen) atoms. The molecule has 0 bridgehead atoms. The van der Waals surface area contributed by atoms with Gasteiger partial charge >= 0.3 is 0 Å². The van der Waals surface area contributed by atoms with Crippen LogP contribution in [-0.4, -0.2) is 0 Å². The molecule has 0 aromatic heterocycles. The smallest absolute Gasteiger partial charge is 0.0964 e. The molecule has 0 aromatic carbocycles. The van der Waals surface area contributed by atoms with Gasteiger partial charge in [-0.15, -0.1) is 0 Å². The van der Waals surface area contributed by atoms with E-state index in [0.29, 0.717) is 0 Å². The first-order valence-electron chi connectivity index (χ1n) is 6.74. The van der Waals surface area contributed by atoms with Crippen LogP contribution in [0.5, 0.6) is 0 Å². The van der Waals surface area contributed by atoms with E-state index in [9.17, 15) is 0 Å². The van der Waals surface area contributed by atoms with Crippen molar-refractivity contribution in [2.75, 3.05) is 0 Å². The minimum atomic E-state index is 0.883. The van der Waals surface area contributed by atoms with Crippen molar-refractivity contribution >= 4 is 0 Å². The summed E-state index contributed by atoms with van der Waals surface area (Å²) in [5.41, 5.74) is 0.